The first-order chi connectivity index (χ1) is 20.7. The highest BCUT2D eigenvalue weighted by molar-refractivity contribution is 7.90. The summed E-state index contributed by atoms with van der Waals surface area (Å²) in [5.41, 5.74) is 2.16. The molecule has 11 nitrogen and oxygen atoms in total. The zero-order chi connectivity index (χ0) is 30.4. The number of piperidine rings is 2. The Balaban J connectivity index is 1.05. The zero-order valence-electron chi connectivity index (χ0n) is 24.0. The molecule has 12 heteroatoms. The smallest absolute Gasteiger partial charge is 0.274 e. The maximum absolute atomic E-state index is 13.0. The number of benzene rings is 2. The van der Waals surface area contributed by atoms with Crippen LogP contribution in [0.3, 0.4) is 0 Å². The molecule has 2 fully saturated rings. The van der Waals surface area contributed by atoms with Crippen molar-refractivity contribution in [3.63, 3.8) is 0 Å². The monoisotopic (exact) mass is 602 g/mol. The molecule has 2 aromatic carbocycles. The number of hydrogen-bond acceptors (Lipinski definition) is 9. The number of sulfone groups is 1. The molecule has 1 aromatic heterocycles. The molecule has 0 saturated carbocycles. The van der Waals surface area contributed by atoms with E-state index in [2.05, 4.69) is 26.3 Å². The van der Waals surface area contributed by atoms with Crippen LogP contribution in [0.2, 0.25) is 0 Å². The standard InChI is InChI=1S/C31H34N6O5S/c1-43(40,41)27-8-6-25(7-9-27)42-26-12-16-37(17-13-26)31(39)29-20-33-28(19-34-29)30(38)35-24-10-14-36(15-11-24)21-23-4-2-22(18-32)3-5-23/h2-9,19-20,24,26H,10-17,21H2,1H3,(H,35,38). The third-order valence-electron chi connectivity index (χ3n) is 7.80. The van der Waals surface area contributed by atoms with Crippen molar-refractivity contribution in [2.75, 3.05) is 32.4 Å². The van der Waals surface area contributed by atoms with E-state index in [1.807, 2.05) is 24.3 Å². The lowest BCUT2D eigenvalue weighted by molar-refractivity contribution is 0.0589. The Bertz CT molecular complexity index is 1570. The van der Waals surface area contributed by atoms with Crippen LogP contribution in [-0.4, -0.2) is 84.6 Å². The Morgan fingerprint density at radius 1 is 0.930 bits per heavy atom. The number of nitrogens with zero attached hydrogens (tertiary/aromatic N) is 5. The van der Waals surface area contributed by atoms with E-state index in [1.165, 1.54) is 24.5 Å². The van der Waals surface area contributed by atoms with Crippen LogP contribution >= 0.6 is 0 Å². The van der Waals surface area contributed by atoms with Crippen molar-refractivity contribution in [1.82, 2.24) is 25.1 Å². The second-order valence-corrected chi connectivity index (χ2v) is 13.0. The Hall–Kier alpha value is -4.34. The molecule has 43 heavy (non-hydrogen) atoms. The number of aromatic nitrogens is 2. The molecule has 2 amide bonds. The minimum Gasteiger partial charge on any atom is -0.490 e. The molecule has 224 valence electrons. The van der Waals surface area contributed by atoms with E-state index in [0.29, 0.717) is 37.2 Å². The number of hydrogen-bond donors (Lipinski definition) is 1. The van der Waals surface area contributed by atoms with Crippen LogP contribution in [0.15, 0.2) is 65.8 Å². The molecule has 2 saturated heterocycles. The number of ether oxygens (including phenoxy) is 1. The lowest BCUT2D eigenvalue weighted by Gasteiger charge is -2.32. The number of nitriles is 1. The third kappa shape index (κ3) is 7.94. The molecule has 0 spiro atoms. The van der Waals surface area contributed by atoms with E-state index in [-0.39, 0.29) is 40.2 Å². The number of nitrogens with one attached hydrogen (secondary N) is 1. The quantitative estimate of drug-likeness (QED) is 0.411. The van der Waals surface area contributed by atoms with E-state index in [4.69, 9.17) is 10.00 Å². The van der Waals surface area contributed by atoms with Crippen LogP contribution in [0.1, 0.15) is 57.8 Å². The van der Waals surface area contributed by atoms with Gasteiger partial charge in [0.1, 0.15) is 23.2 Å². The highest BCUT2D eigenvalue weighted by Crippen LogP contribution is 2.22. The van der Waals surface area contributed by atoms with Gasteiger partial charge in [0.15, 0.2) is 9.84 Å². The summed E-state index contributed by atoms with van der Waals surface area (Å²) in [4.78, 5) is 38.5. The van der Waals surface area contributed by atoms with Crippen molar-refractivity contribution in [2.24, 2.45) is 0 Å². The second-order valence-electron chi connectivity index (χ2n) is 11.0. The first kappa shape index (κ1) is 30.1. The van der Waals surface area contributed by atoms with Gasteiger partial charge in [-0.25, -0.2) is 18.4 Å². The number of amides is 2. The lowest BCUT2D eigenvalue weighted by Crippen LogP contribution is -2.44. The Kier molecular flexibility index (Phi) is 9.33. The van der Waals surface area contributed by atoms with Gasteiger partial charge in [0.25, 0.3) is 11.8 Å². The summed E-state index contributed by atoms with van der Waals surface area (Å²) >= 11 is 0. The number of carbonyl (C=O) groups excluding carboxylic acids is 2. The summed E-state index contributed by atoms with van der Waals surface area (Å²) in [5.74, 6) is 0.0372. The van der Waals surface area contributed by atoms with E-state index in [9.17, 15) is 18.0 Å². The summed E-state index contributed by atoms with van der Waals surface area (Å²) in [6.07, 6.45) is 6.65. The van der Waals surface area contributed by atoms with Gasteiger partial charge in [0.05, 0.1) is 28.9 Å². The predicted molar refractivity (Wildman–Crippen MR) is 158 cm³/mol. The molecular formula is C31H34N6O5S. The van der Waals surface area contributed by atoms with E-state index >= 15 is 0 Å². The molecule has 2 aliphatic heterocycles. The Labute approximate surface area is 251 Å². The minimum absolute atomic E-state index is 0.0361. The van der Waals surface area contributed by atoms with Gasteiger partial charge in [0.2, 0.25) is 0 Å². The fraction of sp³-hybridized carbons (Fsp3) is 0.387. The second kappa shape index (κ2) is 13.3. The largest absolute Gasteiger partial charge is 0.490 e. The van der Waals surface area contributed by atoms with Crippen molar-refractivity contribution in [1.29, 1.82) is 5.26 Å². The van der Waals surface area contributed by atoms with Crippen molar-refractivity contribution in [2.45, 2.75) is 49.3 Å². The molecule has 0 bridgehead atoms. The van der Waals surface area contributed by atoms with Crippen LogP contribution in [0.5, 0.6) is 5.75 Å². The highest BCUT2D eigenvalue weighted by atomic mass is 32.2. The van der Waals surface area contributed by atoms with E-state index < -0.39 is 9.84 Å². The van der Waals surface area contributed by atoms with Gasteiger partial charge in [-0.3, -0.25) is 14.5 Å². The summed E-state index contributed by atoms with van der Waals surface area (Å²) in [6, 6.07) is 16.1. The minimum atomic E-state index is -3.26. The average Bonchev–Trinajstić information content (AvgIpc) is 3.02. The topological polar surface area (TPSA) is 146 Å². The average molecular weight is 603 g/mol. The Morgan fingerprint density at radius 3 is 2.14 bits per heavy atom. The molecule has 0 aliphatic carbocycles. The van der Waals surface area contributed by atoms with Crippen LogP contribution < -0.4 is 10.1 Å². The van der Waals surface area contributed by atoms with Crippen LogP contribution in [-0.2, 0) is 16.4 Å². The highest BCUT2D eigenvalue weighted by Gasteiger charge is 2.27. The molecule has 0 atom stereocenters. The fourth-order valence-corrected chi connectivity index (χ4v) is 5.92. The summed E-state index contributed by atoms with van der Waals surface area (Å²) < 4.78 is 29.3. The fourth-order valence-electron chi connectivity index (χ4n) is 5.29. The summed E-state index contributed by atoms with van der Waals surface area (Å²) in [5, 5.41) is 12.0. The van der Waals surface area contributed by atoms with Crippen LogP contribution in [0.25, 0.3) is 0 Å². The van der Waals surface area contributed by atoms with E-state index in [0.717, 1.165) is 44.3 Å². The predicted octanol–water partition coefficient (Wildman–Crippen LogP) is 2.83. The molecule has 3 aromatic rings. The van der Waals surface area contributed by atoms with Gasteiger partial charge in [0, 0.05) is 57.9 Å². The van der Waals surface area contributed by atoms with Crippen molar-refractivity contribution < 1.29 is 22.7 Å². The van der Waals surface area contributed by atoms with Crippen LogP contribution in [0, 0.1) is 11.3 Å². The zero-order valence-corrected chi connectivity index (χ0v) is 24.8. The van der Waals surface area contributed by atoms with Crippen LogP contribution in [0.4, 0.5) is 0 Å². The van der Waals surface area contributed by atoms with Crippen molar-refractivity contribution in [3.05, 3.63) is 83.4 Å². The Morgan fingerprint density at radius 2 is 1.56 bits per heavy atom. The van der Waals surface area contributed by atoms with Gasteiger partial charge < -0.3 is 15.0 Å². The first-order valence-corrected chi connectivity index (χ1v) is 16.2. The molecule has 1 N–H and O–H groups in total. The number of carbonyl (C=O) groups is 2. The summed E-state index contributed by atoms with van der Waals surface area (Å²) in [6.45, 7) is 3.47. The summed E-state index contributed by atoms with van der Waals surface area (Å²) in [7, 11) is -3.26. The number of likely N-dealkylation sites (tertiary alicyclic amines) is 2. The molecule has 0 radical (unpaired) electrons. The molecule has 5 rings (SSSR count). The molecule has 2 aliphatic rings. The van der Waals surface area contributed by atoms with Gasteiger partial charge >= 0.3 is 0 Å². The first-order valence-electron chi connectivity index (χ1n) is 14.3. The molecular weight excluding hydrogens is 568 g/mol. The normalized spacial score (nSPS) is 16.8. The van der Waals surface area contributed by atoms with Gasteiger partial charge in [-0.05, 0) is 54.8 Å². The SMILES string of the molecule is CS(=O)(=O)c1ccc(OC2CCN(C(=O)c3cnc(C(=O)NC4CCN(Cc5ccc(C#N)cc5)CC4)cn3)CC2)cc1. The molecule has 3 heterocycles. The van der Waals surface area contributed by atoms with Gasteiger partial charge in [-0.15, -0.1) is 0 Å². The third-order valence-corrected chi connectivity index (χ3v) is 8.93. The molecule has 0 unspecified atom stereocenters. The van der Waals surface area contributed by atoms with Gasteiger partial charge in [-0.2, -0.15) is 5.26 Å². The van der Waals surface area contributed by atoms with Gasteiger partial charge in [-0.1, -0.05) is 12.1 Å². The van der Waals surface area contributed by atoms with Crippen molar-refractivity contribution in [3.8, 4) is 11.8 Å². The number of rotatable bonds is 8. The van der Waals surface area contributed by atoms with Crippen molar-refractivity contribution >= 4 is 21.7 Å². The van der Waals surface area contributed by atoms with E-state index in [1.54, 1.807) is 17.0 Å². The maximum Gasteiger partial charge on any atom is 0.274 e. The lowest BCUT2D eigenvalue weighted by atomic mass is 10.0. The maximum atomic E-state index is 13.0.